The Morgan fingerprint density at radius 1 is 1.26 bits per heavy atom. The number of hydrogen-bond donors (Lipinski definition) is 3. The fraction of sp³-hybridized carbons (Fsp3) is 0.556. The van der Waals surface area contributed by atoms with Gasteiger partial charge in [-0.1, -0.05) is 23.7 Å². The van der Waals surface area contributed by atoms with E-state index in [1.54, 1.807) is 0 Å². The van der Waals surface area contributed by atoms with Crippen LogP contribution >= 0.6 is 11.6 Å². The van der Waals surface area contributed by atoms with Gasteiger partial charge in [-0.15, -0.1) is 0 Å². The summed E-state index contributed by atoms with van der Waals surface area (Å²) in [5, 5.41) is 9.87. The maximum absolute atomic E-state index is 11.9. The fourth-order valence-corrected chi connectivity index (χ4v) is 4.60. The predicted octanol–water partition coefficient (Wildman–Crippen LogP) is 1.13. The van der Waals surface area contributed by atoms with Crippen LogP contribution in [0.25, 0.3) is 0 Å². The average Bonchev–Trinajstić information content (AvgIpc) is 2.95. The van der Waals surface area contributed by atoms with Crippen molar-refractivity contribution < 1.29 is 13.2 Å². The molecule has 0 aromatic heterocycles. The van der Waals surface area contributed by atoms with Crippen molar-refractivity contribution in [1.29, 1.82) is 0 Å². The number of rotatable bonds is 8. The number of amides is 1. The number of hydrogen-bond acceptors (Lipinski definition) is 4. The van der Waals surface area contributed by atoms with Crippen LogP contribution in [0.3, 0.4) is 0 Å². The Kier molecular flexibility index (Phi) is 8.37. The molecule has 7 nitrogen and oxygen atoms in total. The van der Waals surface area contributed by atoms with Crippen molar-refractivity contribution in [1.82, 2.24) is 16.0 Å². The van der Waals surface area contributed by atoms with Gasteiger partial charge in [-0.05, 0) is 37.5 Å². The zero-order valence-corrected chi connectivity index (χ0v) is 17.1. The lowest BCUT2D eigenvalue weighted by atomic mass is 10.1. The highest BCUT2D eigenvalue weighted by Gasteiger charge is 2.28. The van der Waals surface area contributed by atoms with Crippen LogP contribution in [-0.4, -0.2) is 57.5 Å². The lowest BCUT2D eigenvalue weighted by Gasteiger charge is -2.12. The maximum Gasteiger partial charge on any atom is 0.222 e. The summed E-state index contributed by atoms with van der Waals surface area (Å²) in [6.45, 7) is 3.74. The van der Waals surface area contributed by atoms with Crippen molar-refractivity contribution >= 4 is 33.3 Å². The number of sulfone groups is 1. The van der Waals surface area contributed by atoms with E-state index in [0.717, 1.165) is 18.0 Å². The number of halogens is 1. The minimum absolute atomic E-state index is 0.0386. The van der Waals surface area contributed by atoms with Gasteiger partial charge in [-0.3, -0.25) is 9.79 Å². The Labute approximate surface area is 165 Å². The molecule has 1 aliphatic rings. The van der Waals surface area contributed by atoms with Crippen molar-refractivity contribution in [2.75, 3.05) is 31.1 Å². The highest BCUT2D eigenvalue weighted by molar-refractivity contribution is 7.91. The molecule has 1 aliphatic heterocycles. The molecular weight excluding hydrogens is 388 g/mol. The molecular formula is C18H27ClN4O3S. The van der Waals surface area contributed by atoms with E-state index < -0.39 is 9.84 Å². The van der Waals surface area contributed by atoms with E-state index >= 15 is 0 Å². The monoisotopic (exact) mass is 414 g/mol. The van der Waals surface area contributed by atoms with Crippen LogP contribution in [0.15, 0.2) is 29.3 Å². The summed E-state index contributed by atoms with van der Waals surface area (Å²) in [5.41, 5.74) is 1.17. The van der Waals surface area contributed by atoms with Crippen molar-refractivity contribution in [3.8, 4) is 0 Å². The molecule has 3 N–H and O–H groups in total. The molecule has 0 aliphatic carbocycles. The average molecular weight is 415 g/mol. The Morgan fingerprint density at radius 3 is 2.63 bits per heavy atom. The Morgan fingerprint density at radius 2 is 2.00 bits per heavy atom. The third-order valence-corrected chi connectivity index (χ3v) is 6.19. The van der Waals surface area contributed by atoms with E-state index in [0.29, 0.717) is 25.5 Å². The number of carbonyl (C=O) groups is 1. The van der Waals surface area contributed by atoms with Crippen LogP contribution in [0, 0.1) is 0 Å². The van der Waals surface area contributed by atoms with Crippen LogP contribution < -0.4 is 16.0 Å². The molecule has 1 aromatic rings. The van der Waals surface area contributed by atoms with Crippen LogP contribution in [0.4, 0.5) is 0 Å². The number of carbonyl (C=O) groups excluding carboxylic acids is 1. The van der Waals surface area contributed by atoms with E-state index in [9.17, 15) is 13.2 Å². The Bertz CT molecular complexity index is 750. The molecule has 1 saturated heterocycles. The minimum atomic E-state index is -2.99. The van der Waals surface area contributed by atoms with Gasteiger partial charge >= 0.3 is 0 Å². The van der Waals surface area contributed by atoms with E-state index in [1.807, 2.05) is 31.2 Å². The summed E-state index contributed by atoms with van der Waals surface area (Å²) in [7, 11) is -2.99. The van der Waals surface area contributed by atoms with Crippen LogP contribution in [0.5, 0.6) is 0 Å². The lowest BCUT2D eigenvalue weighted by molar-refractivity contribution is -0.121. The standard InChI is InChI=1S/C18H27ClN4O3S/c1-2-20-18(21-10-7-14-3-5-15(19)6-4-14)22-11-8-17(24)23-16-9-12-27(25,26)13-16/h3-6,16H,2,7-13H2,1H3,(H,23,24)(H2,20,21,22). The molecule has 1 aromatic carbocycles. The second kappa shape index (κ2) is 10.5. The van der Waals surface area contributed by atoms with Gasteiger partial charge in [-0.2, -0.15) is 0 Å². The molecule has 2 rings (SSSR count). The first-order chi connectivity index (χ1) is 12.9. The molecule has 1 atom stereocenters. The molecule has 0 saturated carbocycles. The third-order valence-electron chi connectivity index (χ3n) is 4.17. The van der Waals surface area contributed by atoms with Gasteiger partial charge in [0.1, 0.15) is 0 Å². The maximum atomic E-state index is 11.9. The van der Waals surface area contributed by atoms with Crippen molar-refractivity contribution in [2.24, 2.45) is 4.99 Å². The summed E-state index contributed by atoms with van der Waals surface area (Å²) in [5.74, 6) is 0.676. The zero-order valence-electron chi connectivity index (χ0n) is 15.5. The van der Waals surface area contributed by atoms with E-state index in [1.165, 1.54) is 5.56 Å². The second-order valence-electron chi connectivity index (χ2n) is 6.48. The summed E-state index contributed by atoms with van der Waals surface area (Å²) >= 11 is 5.88. The van der Waals surface area contributed by atoms with Crippen LogP contribution in [0.2, 0.25) is 5.02 Å². The summed E-state index contributed by atoms with van der Waals surface area (Å²) in [4.78, 5) is 16.3. The molecule has 0 bridgehead atoms. The second-order valence-corrected chi connectivity index (χ2v) is 9.15. The van der Waals surface area contributed by atoms with Crippen molar-refractivity contribution in [2.45, 2.75) is 32.2 Å². The minimum Gasteiger partial charge on any atom is -0.357 e. The van der Waals surface area contributed by atoms with Gasteiger partial charge in [0.15, 0.2) is 15.8 Å². The van der Waals surface area contributed by atoms with E-state index in [4.69, 9.17) is 11.6 Å². The molecule has 1 unspecified atom stereocenters. The fourth-order valence-electron chi connectivity index (χ4n) is 2.80. The largest absolute Gasteiger partial charge is 0.357 e. The quantitative estimate of drug-likeness (QED) is 0.437. The Balaban J connectivity index is 1.72. The predicted molar refractivity (Wildman–Crippen MR) is 109 cm³/mol. The molecule has 1 heterocycles. The molecule has 9 heteroatoms. The number of nitrogens with one attached hydrogen (secondary N) is 3. The topological polar surface area (TPSA) is 99.7 Å². The smallest absolute Gasteiger partial charge is 0.222 e. The number of nitrogens with zero attached hydrogens (tertiary/aromatic N) is 1. The first-order valence-electron chi connectivity index (χ1n) is 9.14. The van der Waals surface area contributed by atoms with Crippen molar-refractivity contribution in [3.63, 3.8) is 0 Å². The number of aliphatic imine (C=N–C) groups is 1. The molecule has 150 valence electrons. The van der Waals surface area contributed by atoms with Gasteiger partial charge in [-0.25, -0.2) is 8.42 Å². The van der Waals surface area contributed by atoms with Gasteiger partial charge in [0.2, 0.25) is 5.91 Å². The molecule has 0 radical (unpaired) electrons. The molecule has 1 amide bonds. The first kappa shape index (κ1) is 21.5. The van der Waals surface area contributed by atoms with Crippen LogP contribution in [-0.2, 0) is 21.1 Å². The van der Waals surface area contributed by atoms with Gasteiger partial charge in [0, 0.05) is 30.6 Å². The molecule has 27 heavy (non-hydrogen) atoms. The van der Waals surface area contributed by atoms with E-state index in [2.05, 4.69) is 20.9 Å². The van der Waals surface area contributed by atoms with Crippen molar-refractivity contribution in [3.05, 3.63) is 34.9 Å². The lowest BCUT2D eigenvalue weighted by Crippen LogP contribution is -2.39. The van der Waals surface area contributed by atoms with Crippen LogP contribution in [0.1, 0.15) is 25.3 Å². The first-order valence-corrected chi connectivity index (χ1v) is 11.3. The third kappa shape index (κ3) is 8.17. The number of benzene rings is 1. The highest BCUT2D eigenvalue weighted by Crippen LogP contribution is 2.11. The summed E-state index contributed by atoms with van der Waals surface area (Å²) < 4.78 is 22.8. The molecule has 0 spiro atoms. The molecule has 1 fully saturated rings. The zero-order chi connectivity index (χ0) is 19.7. The SMILES string of the molecule is CCNC(=NCCC(=O)NC1CCS(=O)(=O)C1)NCCc1ccc(Cl)cc1. The number of guanidine groups is 1. The Hall–Kier alpha value is -1.80. The summed E-state index contributed by atoms with van der Waals surface area (Å²) in [6.07, 6.45) is 1.55. The van der Waals surface area contributed by atoms with Gasteiger partial charge in [0.25, 0.3) is 0 Å². The normalized spacial score (nSPS) is 18.9. The summed E-state index contributed by atoms with van der Waals surface area (Å²) in [6, 6.07) is 7.44. The van der Waals surface area contributed by atoms with Gasteiger partial charge in [0.05, 0.1) is 18.1 Å². The van der Waals surface area contributed by atoms with E-state index in [-0.39, 0.29) is 29.9 Å². The van der Waals surface area contributed by atoms with Gasteiger partial charge < -0.3 is 16.0 Å². The highest BCUT2D eigenvalue weighted by atomic mass is 35.5.